The topological polar surface area (TPSA) is 9.23 Å². The second-order valence-electron chi connectivity index (χ2n) is 4.32. The summed E-state index contributed by atoms with van der Waals surface area (Å²) in [6.45, 7) is 9.97. The molecule has 0 aliphatic rings. The number of alkyl halides is 1. The van der Waals surface area contributed by atoms with Crippen molar-refractivity contribution in [1.82, 2.24) is 0 Å². The van der Waals surface area contributed by atoms with E-state index >= 15 is 0 Å². The average molecular weight is 253 g/mol. The number of halogens is 1. The Balaban J connectivity index is 3.31. The molecule has 0 unspecified atom stereocenters. The minimum Gasteiger partial charge on any atom is -0.421 e. The highest BCUT2D eigenvalue weighted by Gasteiger charge is 2.14. The maximum atomic E-state index is 5.61. The maximum absolute atomic E-state index is 5.61. The van der Waals surface area contributed by atoms with Gasteiger partial charge in [0.1, 0.15) is 0 Å². The zero-order chi connectivity index (χ0) is 9.61. The molecule has 0 aliphatic carbocycles. The molecule has 0 atom stereocenters. The third kappa shape index (κ3) is 7.31. The molecule has 12 heavy (non-hydrogen) atoms. The van der Waals surface area contributed by atoms with E-state index in [1.807, 2.05) is 0 Å². The Morgan fingerprint density at radius 2 is 1.92 bits per heavy atom. The van der Waals surface area contributed by atoms with Gasteiger partial charge in [-0.05, 0) is 31.4 Å². The van der Waals surface area contributed by atoms with Gasteiger partial charge in [-0.15, -0.1) is 0 Å². The Kier molecular flexibility index (Phi) is 6.50. The summed E-state index contributed by atoms with van der Waals surface area (Å²) >= 11 is 3.52. The van der Waals surface area contributed by atoms with Gasteiger partial charge in [-0.2, -0.15) is 0 Å². The summed E-state index contributed by atoms with van der Waals surface area (Å²) in [5.41, 5.74) is 0.432. The molecule has 0 saturated carbocycles. The molecule has 3 heteroatoms. The number of hydrogen-bond acceptors (Lipinski definition) is 1. The molecular formula is C9H21BrOSi. The van der Waals surface area contributed by atoms with Crippen molar-refractivity contribution in [3.05, 3.63) is 0 Å². The summed E-state index contributed by atoms with van der Waals surface area (Å²) in [7, 11) is -0.777. The zero-order valence-corrected chi connectivity index (χ0v) is 11.4. The van der Waals surface area contributed by atoms with Crippen LogP contribution in [0, 0.1) is 5.41 Å². The van der Waals surface area contributed by atoms with Crippen molar-refractivity contribution >= 4 is 25.0 Å². The predicted octanol–water partition coefficient (Wildman–Crippen LogP) is 3.19. The third-order valence-corrected chi connectivity index (χ3v) is 4.23. The Hall–Kier alpha value is 0.657. The van der Waals surface area contributed by atoms with E-state index in [1.165, 1.54) is 12.8 Å². The predicted molar refractivity (Wildman–Crippen MR) is 61.6 cm³/mol. The molecule has 0 amide bonds. The van der Waals surface area contributed by atoms with Crippen LogP contribution in [0.25, 0.3) is 0 Å². The fraction of sp³-hybridized carbons (Fsp3) is 1.00. The van der Waals surface area contributed by atoms with Crippen LogP contribution in [-0.2, 0) is 4.43 Å². The fourth-order valence-corrected chi connectivity index (χ4v) is 1.86. The molecule has 74 valence electrons. The highest BCUT2D eigenvalue weighted by molar-refractivity contribution is 9.09. The molecule has 0 fully saturated rings. The molecule has 0 bridgehead atoms. The van der Waals surface area contributed by atoms with Crippen LogP contribution in [0.1, 0.15) is 26.7 Å². The molecule has 0 aromatic rings. The minimum atomic E-state index is -0.777. The van der Waals surface area contributed by atoms with Crippen molar-refractivity contribution in [2.45, 2.75) is 39.8 Å². The Morgan fingerprint density at radius 3 is 2.33 bits per heavy atom. The smallest absolute Gasteiger partial charge is 0.170 e. The molecule has 0 N–H and O–H groups in total. The lowest BCUT2D eigenvalue weighted by Gasteiger charge is -2.21. The van der Waals surface area contributed by atoms with E-state index in [1.54, 1.807) is 0 Å². The lowest BCUT2D eigenvalue weighted by atomic mass is 9.91. The van der Waals surface area contributed by atoms with E-state index < -0.39 is 9.04 Å². The molecule has 0 spiro atoms. The van der Waals surface area contributed by atoms with Crippen LogP contribution >= 0.6 is 15.9 Å². The van der Waals surface area contributed by atoms with E-state index in [0.717, 1.165) is 11.9 Å². The van der Waals surface area contributed by atoms with Gasteiger partial charge < -0.3 is 4.43 Å². The molecule has 0 heterocycles. The van der Waals surface area contributed by atoms with Gasteiger partial charge in [0.15, 0.2) is 9.04 Å². The average Bonchev–Trinajstić information content (AvgIpc) is 1.98. The summed E-state index contributed by atoms with van der Waals surface area (Å²) in [6, 6.07) is 0. The normalized spacial score (nSPS) is 12.5. The van der Waals surface area contributed by atoms with Crippen LogP contribution in [0.2, 0.25) is 13.1 Å². The summed E-state index contributed by atoms with van der Waals surface area (Å²) in [6.07, 6.45) is 2.45. The van der Waals surface area contributed by atoms with E-state index in [9.17, 15) is 0 Å². The van der Waals surface area contributed by atoms with Crippen LogP contribution in [0.3, 0.4) is 0 Å². The van der Waals surface area contributed by atoms with Crippen LogP contribution in [0.15, 0.2) is 0 Å². The minimum absolute atomic E-state index is 0.432. The first kappa shape index (κ1) is 12.7. The number of rotatable bonds is 6. The second kappa shape index (κ2) is 6.16. The van der Waals surface area contributed by atoms with Crippen LogP contribution < -0.4 is 0 Å². The van der Waals surface area contributed by atoms with Gasteiger partial charge in [-0.3, -0.25) is 0 Å². The lowest BCUT2D eigenvalue weighted by Crippen LogP contribution is -2.15. The molecular weight excluding hydrogens is 232 g/mol. The van der Waals surface area contributed by atoms with Crippen LogP contribution in [0.4, 0.5) is 0 Å². The maximum Gasteiger partial charge on any atom is 0.170 e. The molecule has 0 aromatic heterocycles. The molecule has 1 nitrogen and oxygen atoms in total. The van der Waals surface area contributed by atoms with Crippen molar-refractivity contribution in [3.63, 3.8) is 0 Å². The largest absolute Gasteiger partial charge is 0.421 e. The van der Waals surface area contributed by atoms with Crippen molar-refractivity contribution in [2.24, 2.45) is 5.41 Å². The highest BCUT2D eigenvalue weighted by atomic mass is 79.9. The van der Waals surface area contributed by atoms with E-state index in [-0.39, 0.29) is 0 Å². The van der Waals surface area contributed by atoms with E-state index in [0.29, 0.717) is 5.41 Å². The highest BCUT2D eigenvalue weighted by Crippen LogP contribution is 2.24. The first-order valence-electron chi connectivity index (χ1n) is 4.65. The summed E-state index contributed by atoms with van der Waals surface area (Å²) in [5.74, 6) is 0. The number of hydrogen-bond donors (Lipinski definition) is 0. The first-order valence-corrected chi connectivity index (χ1v) is 8.56. The Labute approximate surface area is 86.7 Å². The molecule has 0 aromatic carbocycles. The Morgan fingerprint density at radius 1 is 1.33 bits per heavy atom. The molecule has 0 radical (unpaired) electrons. The van der Waals surface area contributed by atoms with Gasteiger partial charge >= 0.3 is 0 Å². The van der Waals surface area contributed by atoms with Crippen molar-refractivity contribution in [1.29, 1.82) is 0 Å². The van der Waals surface area contributed by atoms with E-state index in [2.05, 4.69) is 42.9 Å². The first-order chi connectivity index (χ1) is 5.48. The van der Waals surface area contributed by atoms with Gasteiger partial charge in [0.2, 0.25) is 0 Å². The monoisotopic (exact) mass is 252 g/mol. The Bertz CT molecular complexity index is 115. The molecule has 0 rings (SSSR count). The fourth-order valence-electron chi connectivity index (χ4n) is 0.937. The summed E-state index contributed by atoms with van der Waals surface area (Å²) in [4.78, 5) is 0. The van der Waals surface area contributed by atoms with Gasteiger partial charge in [-0.25, -0.2) is 0 Å². The van der Waals surface area contributed by atoms with Gasteiger partial charge in [0.05, 0.1) is 0 Å². The lowest BCUT2D eigenvalue weighted by molar-refractivity contribution is 0.276. The van der Waals surface area contributed by atoms with Crippen molar-refractivity contribution in [3.8, 4) is 0 Å². The third-order valence-electron chi connectivity index (χ3n) is 1.81. The van der Waals surface area contributed by atoms with E-state index in [4.69, 9.17) is 4.43 Å². The second-order valence-corrected chi connectivity index (χ2v) is 7.31. The standard InChI is InChI=1S/C9H21BrOSi/c1-9(2,8-10)6-5-7-11-12(3)4/h12H,5-8H2,1-4H3. The summed E-state index contributed by atoms with van der Waals surface area (Å²) < 4.78 is 5.61. The van der Waals surface area contributed by atoms with Crippen molar-refractivity contribution in [2.75, 3.05) is 11.9 Å². The van der Waals surface area contributed by atoms with Crippen LogP contribution in [-0.4, -0.2) is 21.0 Å². The van der Waals surface area contributed by atoms with Gasteiger partial charge in [-0.1, -0.05) is 29.8 Å². The van der Waals surface area contributed by atoms with Crippen molar-refractivity contribution < 1.29 is 4.43 Å². The SMILES string of the molecule is C[SiH](C)OCCCC(C)(C)CBr. The molecule has 0 saturated heterocycles. The molecule has 0 aliphatic heterocycles. The van der Waals surface area contributed by atoms with Crippen LogP contribution in [0.5, 0.6) is 0 Å². The van der Waals surface area contributed by atoms with Gasteiger partial charge in [0.25, 0.3) is 0 Å². The summed E-state index contributed by atoms with van der Waals surface area (Å²) in [5, 5.41) is 1.08. The zero-order valence-electron chi connectivity index (χ0n) is 8.69. The van der Waals surface area contributed by atoms with Gasteiger partial charge in [0, 0.05) is 11.9 Å². The quantitative estimate of drug-likeness (QED) is 0.401.